The number of aromatic amines is 3. The van der Waals surface area contributed by atoms with Crippen molar-refractivity contribution in [3.63, 3.8) is 0 Å². The Bertz CT molecular complexity index is 2430. The molecule has 424 valence electrons. The molecule has 9 N–H and O–H groups in total. The SMILES string of the molecule is CC(=O)CC(C)=O.CC(=O)CC(N)=O.CC(=O)CC(N)=O.CC(=O)CC(N)=O.CC(=O)c1c(C)cc(C)[nH]c1=O.CC(C)=O.CCOC(=O)CC(C)=O.CCOC(=O)c1c(C)cc(=O)[nH]c1C.Cc1cc(C)[nH]c(=O)c1. The van der Waals surface area contributed by atoms with Crippen LogP contribution in [0.15, 0.2) is 38.6 Å². The molecule has 3 aromatic heterocycles. The zero-order valence-corrected chi connectivity index (χ0v) is 46.8. The maximum Gasteiger partial charge on any atom is 0.340 e. The summed E-state index contributed by atoms with van der Waals surface area (Å²) in [7, 11) is 0. The number of esters is 2. The first-order valence-electron chi connectivity index (χ1n) is 22.9. The molecule has 24 nitrogen and oxygen atoms in total. The second-order valence-electron chi connectivity index (χ2n) is 16.3. The first-order chi connectivity index (χ1) is 34.7. The predicted octanol–water partition coefficient (Wildman–Crippen LogP) is 3.39. The molecular weight excluding hydrogens is 997 g/mol. The second kappa shape index (κ2) is 45.2. The Morgan fingerprint density at radius 3 is 1.03 bits per heavy atom. The topological polar surface area (TPSA) is 417 Å². The van der Waals surface area contributed by atoms with E-state index in [1.807, 2.05) is 19.9 Å². The van der Waals surface area contributed by atoms with Gasteiger partial charge in [-0.1, -0.05) is 0 Å². The van der Waals surface area contributed by atoms with Crippen molar-refractivity contribution in [2.45, 2.75) is 150 Å². The van der Waals surface area contributed by atoms with Gasteiger partial charge in [-0.05, 0) is 147 Å². The van der Waals surface area contributed by atoms with Gasteiger partial charge in [-0.25, -0.2) is 4.79 Å². The number of nitrogens with one attached hydrogen (secondary N) is 3. The molecule has 3 amide bonds. The summed E-state index contributed by atoms with van der Waals surface area (Å²) in [4.78, 5) is 173. The normalized spacial score (nSPS) is 8.91. The van der Waals surface area contributed by atoms with Crippen LogP contribution >= 0.6 is 0 Å². The van der Waals surface area contributed by atoms with E-state index < -0.39 is 29.7 Å². The lowest BCUT2D eigenvalue weighted by Crippen LogP contribution is -2.18. The molecule has 3 rings (SSSR count). The smallest absolute Gasteiger partial charge is 0.340 e. The molecule has 3 aromatic rings. The van der Waals surface area contributed by atoms with Crippen LogP contribution < -0.4 is 33.9 Å². The van der Waals surface area contributed by atoms with Gasteiger partial charge in [0.1, 0.15) is 46.9 Å². The monoisotopic (exact) mass is 1070 g/mol. The second-order valence-corrected chi connectivity index (χ2v) is 16.3. The zero-order chi connectivity index (χ0) is 61.2. The van der Waals surface area contributed by atoms with Crippen molar-refractivity contribution in [1.29, 1.82) is 0 Å². The van der Waals surface area contributed by atoms with Crippen molar-refractivity contribution in [1.82, 2.24) is 15.0 Å². The fourth-order valence-corrected chi connectivity index (χ4v) is 5.01. The number of carbonyl (C=O) groups excluding carboxylic acids is 13. The van der Waals surface area contributed by atoms with E-state index in [2.05, 4.69) is 36.9 Å². The molecule has 0 bridgehead atoms. The summed E-state index contributed by atoms with van der Waals surface area (Å²) in [5.74, 6) is -3.38. The first-order valence-corrected chi connectivity index (χ1v) is 22.9. The summed E-state index contributed by atoms with van der Waals surface area (Å²) >= 11 is 0. The molecule has 24 heteroatoms. The fourth-order valence-electron chi connectivity index (χ4n) is 5.01. The number of Topliss-reactive ketones (excluding diaryl/α,β-unsaturated/α-hetero) is 8. The van der Waals surface area contributed by atoms with Crippen LogP contribution in [0.1, 0.15) is 163 Å². The molecule has 0 atom stereocenters. The van der Waals surface area contributed by atoms with Crippen molar-refractivity contribution in [2.75, 3.05) is 13.2 Å². The zero-order valence-electron chi connectivity index (χ0n) is 46.8. The summed E-state index contributed by atoms with van der Waals surface area (Å²) in [6.45, 7) is 27.4. The third kappa shape index (κ3) is 56.5. The van der Waals surface area contributed by atoms with Gasteiger partial charge in [-0.3, -0.25) is 67.1 Å². The average molecular weight is 1080 g/mol. The van der Waals surface area contributed by atoms with Gasteiger partial charge in [0.05, 0.1) is 50.0 Å². The number of nitrogens with two attached hydrogens (primary N) is 3. The molecule has 0 spiro atoms. The molecular formula is C52H78N6O18. The van der Waals surface area contributed by atoms with Gasteiger partial charge in [0.25, 0.3) is 5.56 Å². The van der Waals surface area contributed by atoms with Crippen molar-refractivity contribution >= 4 is 75.9 Å². The lowest BCUT2D eigenvalue weighted by molar-refractivity contribution is -0.145. The Morgan fingerprint density at radius 2 is 0.776 bits per heavy atom. The molecule has 0 aliphatic rings. The van der Waals surface area contributed by atoms with E-state index in [9.17, 15) is 76.7 Å². The molecule has 0 saturated heterocycles. The quantitative estimate of drug-likeness (QED) is 0.0765. The Kier molecular flexibility index (Phi) is 47.0. The van der Waals surface area contributed by atoms with Crippen LogP contribution in [0.4, 0.5) is 0 Å². The Morgan fingerprint density at radius 1 is 0.434 bits per heavy atom. The van der Waals surface area contributed by atoms with Gasteiger partial charge in [0.2, 0.25) is 28.8 Å². The number of aromatic nitrogens is 3. The van der Waals surface area contributed by atoms with E-state index in [0.717, 1.165) is 22.5 Å². The van der Waals surface area contributed by atoms with Crippen LogP contribution in [0.25, 0.3) is 0 Å². The van der Waals surface area contributed by atoms with E-state index in [1.54, 1.807) is 53.7 Å². The number of ketones is 8. The molecule has 0 aliphatic heterocycles. The Balaban J connectivity index is -0.000000185. The first kappa shape index (κ1) is 79.0. The van der Waals surface area contributed by atoms with Crippen LogP contribution in [-0.2, 0) is 62.2 Å². The predicted molar refractivity (Wildman–Crippen MR) is 283 cm³/mol. The maximum absolute atomic E-state index is 11.5. The molecule has 0 radical (unpaired) electrons. The lowest BCUT2D eigenvalue weighted by Gasteiger charge is -2.07. The molecule has 0 fully saturated rings. The van der Waals surface area contributed by atoms with Gasteiger partial charge in [0.15, 0.2) is 5.78 Å². The highest BCUT2D eigenvalue weighted by molar-refractivity contribution is 5.98. The number of ether oxygens (including phenoxy) is 2. The summed E-state index contributed by atoms with van der Waals surface area (Å²) in [5, 5.41) is 0. The van der Waals surface area contributed by atoms with Gasteiger partial charge in [-0.15, -0.1) is 0 Å². The lowest BCUT2D eigenvalue weighted by atomic mass is 10.1. The van der Waals surface area contributed by atoms with Gasteiger partial charge >= 0.3 is 11.9 Å². The van der Waals surface area contributed by atoms with E-state index in [-0.39, 0.29) is 101 Å². The van der Waals surface area contributed by atoms with Crippen LogP contribution in [0.3, 0.4) is 0 Å². The molecule has 0 unspecified atom stereocenters. The molecule has 0 aliphatic carbocycles. The van der Waals surface area contributed by atoms with Crippen LogP contribution in [-0.4, -0.2) is 104 Å². The highest BCUT2D eigenvalue weighted by Crippen LogP contribution is 2.10. The number of hydrogen-bond donors (Lipinski definition) is 6. The van der Waals surface area contributed by atoms with Crippen molar-refractivity contribution in [3.05, 3.63) is 100 Å². The van der Waals surface area contributed by atoms with Crippen molar-refractivity contribution in [3.8, 4) is 0 Å². The van der Waals surface area contributed by atoms with Gasteiger partial charge in [0, 0.05) is 29.2 Å². The van der Waals surface area contributed by atoms with E-state index in [4.69, 9.17) is 4.74 Å². The number of hydrogen-bond acceptors (Lipinski definition) is 18. The van der Waals surface area contributed by atoms with E-state index >= 15 is 0 Å². The maximum atomic E-state index is 11.5. The minimum atomic E-state index is -0.562. The Hall–Kier alpha value is -8.44. The molecule has 3 heterocycles. The number of aryl methyl sites for hydroxylation is 6. The molecule has 0 saturated carbocycles. The number of pyridine rings is 3. The van der Waals surface area contributed by atoms with Crippen molar-refractivity contribution in [2.24, 2.45) is 17.2 Å². The van der Waals surface area contributed by atoms with E-state index in [0.29, 0.717) is 30.0 Å². The van der Waals surface area contributed by atoms with Crippen molar-refractivity contribution < 1.29 is 71.8 Å². The number of rotatable bonds is 14. The molecule has 0 aromatic carbocycles. The van der Waals surface area contributed by atoms with Gasteiger partial charge < -0.3 is 46.4 Å². The summed E-state index contributed by atoms with van der Waals surface area (Å²) in [5.41, 5.74) is 18.7. The summed E-state index contributed by atoms with van der Waals surface area (Å²) < 4.78 is 9.36. The number of H-pyrrole nitrogens is 3. The Labute approximate surface area is 442 Å². The fraction of sp³-hybridized carbons (Fsp3) is 0.462. The van der Waals surface area contributed by atoms with Crippen LogP contribution in [0, 0.1) is 41.5 Å². The largest absolute Gasteiger partial charge is 0.466 e. The number of primary amides is 3. The third-order valence-corrected chi connectivity index (χ3v) is 7.21. The number of carbonyl (C=O) groups is 13. The van der Waals surface area contributed by atoms with Crippen LogP contribution in [0.5, 0.6) is 0 Å². The van der Waals surface area contributed by atoms with E-state index in [1.165, 1.54) is 68.4 Å². The summed E-state index contributed by atoms with van der Waals surface area (Å²) in [6.07, 6.45) is -0.437. The minimum absolute atomic E-state index is 0.0208. The standard InChI is InChI=1S/C10H13NO3.C9H11NO2.C7H9NO.C6H10O3.C5H8O2.3C4H7NO2.C3H6O/c1-4-14-10(13)9-6(2)5-8(12)11-7(9)3;1-5-4-6(2)10-9(12)8(5)7(3)11;1-5-3-6(2)8-7(9)4-5;1-3-9-6(8)4-5(2)7;1-4(6)3-5(2)7;3*1-3(6)2-4(5)7;1-3(2)4/h5H,4H2,1-3H3,(H,11,12);4H,1-3H3,(H,10,12);3-4H,1-2H3,(H,8,9);3-4H2,1-2H3;3H2,1-2H3;3*2H2,1H3,(H2,5,7);1-2H3. The third-order valence-electron chi connectivity index (χ3n) is 7.21. The highest BCUT2D eigenvalue weighted by Gasteiger charge is 2.14. The van der Waals surface area contributed by atoms with Crippen LogP contribution in [0.2, 0.25) is 0 Å². The average Bonchev–Trinajstić information content (AvgIpc) is 3.16. The minimum Gasteiger partial charge on any atom is -0.466 e. The summed E-state index contributed by atoms with van der Waals surface area (Å²) in [6, 6.07) is 6.69. The number of amides is 3. The van der Waals surface area contributed by atoms with Gasteiger partial charge in [-0.2, -0.15) is 0 Å². The highest BCUT2D eigenvalue weighted by atomic mass is 16.5. The molecule has 76 heavy (non-hydrogen) atoms.